The van der Waals surface area contributed by atoms with Gasteiger partial charge in [-0.05, 0) is 174 Å². The molecule has 0 aliphatic heterocycles. The molecule has 0 atom stereocenters. The van der Waals surface area contributed by atoms with E-state index < -0.39 is 0 Å². The molecular formula is C58H36. The Labute approximate surface area is 335 Å². The van der Waals surface area contributed by atoms with Gasteiger partial charge < -0.3 is 0 Å². The fraction of sp³-hybridized carbons (Fsp3) is 0.0345. The van der Waals surface area contributed by atoms with Crippen LogP contribution in [-0.4, -0.2) is 0 Å². The van der Waals surface area contributed by atoms with E-state index in [1.807, 2.05) is 0 Å². The van der Waals surface area contributed by atoms with E-state index in [2.05, 4.69) is 196 Å². The zero-order valence-corrected chi connectivity index (χ0v) is 32.3. The molecule has 0 unspecified atom stereocenters. The van der Waals surface area contributed by atoms with Crippen LogP contribution in [0.5, 0.6) is 0 Å². The summed E-state index contributed by atoms with van der Waals surface area (Å²) in [7, 11) is 0. The fourth-order valence-corrected chi connectivity index (χ4v) is 11.1. The third-order valence-electron chi connectivity index (χ3n) is 13.3. The highest BCUT2D eigenvalue weighted by Gasteiger charge is 2.27. The van der Waals surface area contributed by atoms with Crippen molar-refractivity contribution < 1.29 is 0 Å². The van der Waals surface area contributed by atoms with Gasteiger partial charge in [-0.15, -0.1) is 0 Å². The standard InChI is InChI=1S/C58H36/c1-33-14-11-15-34(2)50(33)38-28-29-40-37(30-38)26-27-39-31-48-55-44(51(39)40)23-13-25-46(55)57-53(36-18-7-4-8-19-36)56-45-24-12-22-43-41-20-9-10-21-42(41)47(54(43)45)32-49(56)52(58(48)57)35-16-5-3-6-17-35/h3-32H,1-2H3. The molecule has 13 rings (SSSR count). The monoisotopic (exact) mass is 732 g/mol. The molecule has 0 bridgehead atoms. The highest BCUT2D eigenvalue weighted by molar-refractivity contribution is 6.46. The van der Waals surface area contributed by atoms with Gasteiger partial charge in [0.1, 0.15) is 0 Å². The molecule has 0 saturated heterocycles. The fourth-order valence-electron chi connectivity index (χ4n) is 11.1. The molecule has 0 heterocycles. The number of aryl methyl sites for hydroxylation is 2. The van der Waals surface area contributed by atoms with Gasteiger partial charge in [0, 0.05) is 0 Å². The summed E-state index contributed by atoms with van der Waals surface area (Å²) in [6, 6.07) is 68.8. The van der Waals surface area contributed by atoms with E-state index >= 15 is 0 Å². The molecule has 13 aromatic carbocycles. The van der Waals surface area contributed by atoms with Gasteiger partial charge in [-0.1, -0.05) is 164 Å². The summed E-state index contributed by atoms with van der Waals surface area (Å²) in [5, 5.41) is 23.8. The van der Waals surface area contributed by atoms with E-state index in [-0.39, 0.29) is 0 Å². The highest BCUT2D eigenvalue weighted by atomic mass is 14.3. The molecule has 0 saturated carbocycles. The maximum Gasteiger partial charge on any atom is -0.000718 e. The minimum absolute atomic E-state index is 1.25. The zero-order valence-electron chi connectivity index (χ0n) is 32.3. The lowest BCUT2D eigenvalue weighted by Gasteiger charge is -2.19. The molecule has 0 fully saturated rings. The minimum atomic E-state index is 1.25. The van der Waals surface area contributed by atoms with E-state index in [0.717, 1.165) is 0 Å². The number of hydrogen-bond donors (Lipinski definition) is 0. The van der Waals surface area contributed by atoms with Gasteiger partial charge in [0.15, 0.2) is 0 Å². The molecular weight excluding hydrogens is 697 g/mol. The van der Waals surface area contributed by atoms with Crippen molar-refractivity contribution >= 4 is 97.0 Å². The maximum atomic E-state index is 2.53. The molecule has 0 aromatic heterocycles. The van der Waals surface area contributed by atoms with Gasteiger partial charge in [0.05, 0.1) is 0 Å². The Kier molecular flexibility index (Phi) is 6.39. The zero-order chi connectivity index (χ0) is 38.2. The van der Waals surface area contributed by atoms with E-state index in [1.54, 1.807) is 0 Å². The van der Waals surface area contributed by atoms with E-state index in [1.165, 1.54) is 141 Å². The molecule has 0 radical (unpaired) electrons. The lowest BCUT2D eigenvalue weighted by Crippen LogP contribution is -1.91. The van der Waals surface area contributed by atoms with E-state index in [9.17, 15) is 0 Å². The first kappa shape index (κ1) is 31.9. The predicted octanol–water partition coefficient (Wildman–Crippen LogP) is 16.6. The van der Waals surface area contributed by atoms with E-state index in [0.29, 0.717) is 0 Å². The van der Waals surface area contributed by atoms with Gasteiger partial charge in [-0.25, -0.2) is 0 Å². The Morgan fingerprint density at radius 2 is 0.759 bits per heavy atom. The van der Waals surface area contributed by atoms with Gasteiger partial charge in [0.2, 0.25) is 0 Å². The highest BCUT2D eigenvalue weighted by Crippen LogP contribution is 2.55. The Bertz CT molecular complexity index is 3810. The minimum Gasteiger partial charge on any atom is -0.0622 e. The summed E-state index contributed by atoms with van der Waals surface area (Å²) in [6.07, 6.45) is 0. The molecule has 0 heteroatoms. The smallest absolute Gasteiger partial charge is 0.000718 e. The maximum absolute atomic E-state index is 2.53. The molecule has 0 nitrogen and oxygen atoms in total. The molecule has 0 N–H and O–H groups in total. The lowest BCUT2D eigenvalue weighted by molar-refractivity contribution is 1.38. The summed E-state index contributed by atoms with van der Waals surface area (Å²) in [5.41, 5.74) is 10.4. The normalized spacial score (nSPS) is 12.3. The Morgan fingerprint density at radius 1 is 0.224 bits per heavy atom. The summed E-state index contributed by atoms with van der Waals surface area (Å²) < 4.78 is 0. The van der Waals surface area contributed by atoms with Crippen molar-refractivity contribution in [3.05, 3.63) is 193 Å². The second kappa shape index (κ2) is 11.6. The van der Waals surface area contributed by atoms with Crippen LogP contribution in [0.15, 0.2) is 182 Å². The van der Waals surface area contributed by atoms with Gasteiger partial charge >= 0.3 is 0 Å². The van der Waals surface area contributed by atoms with Crippen LogP contribution in [-0.2, 0) is 0 Å². The molecule has 0 amide bonds. The summed E-state index contributed by atoms with van der Waals surface area (Å²) in [4.78, 5) is 0. The topological polar surface area (TPSA) is 0 Å². The molecule has 13 aromatic rings. The lowest BCUT2D eigenvalue weighted by atomic mass is 9.84. The van der Waals surface area contributed by atoms with Crippen molar-refractivity contribution in [3.63, 3.8) is 0 Å². The quantitative estimate of drug-likeness (QED) is 0.159. The molecule has 58 heavy (non-hydrogen) atoms. The Morgan fingerprint density at radius 3 is 1.48 bits per heavy atom. The van der Waals surface area contributed by atoms with Crippen LogP contribution < -0.4 is 0 Å². The molecule has 268 valence electrons. The second-order valence-electron chi connectivity index (χ2n) is 16.4. The third kappa shape index (κ3) is 4.14. The number of rotatable bonds is 3. The largest absolute Gasteiger partial charge is 0.0622 e. The van der Waals surface area contributed by atoms with Gasteiger partial charge in [-0.2, -0.15) is 0 Å². The van der Waals surface area contributed by atoms with Crippen LogP contribution in [0.4, 0.5) is 0 Å². The van der Waals surface area contributed by atoms with Crippen molar-refractivity contribution in [2.45, 2.75) is 13.8 Å². The number of hydrogen-bond acceptors (Lipinski definition) is 0. The first-order chi connectivity index (χ1) is 28.6. The van der Waals surface area contributed by atoms with Crippen LogP contribution in [0, 0.1) is 13.8 Å². The summed E-state index contributed by atoms with van der Waals surface area (Å²) in [5.74, 6) is 0. The van der Waals surface area contributed by atoms with Crippen LogP contribution in [0.3, 0.4) is 0 Å². The summed E-state index contributed by atoms with van der Waals surface area (Å²) in [6.45, 7) is 4.45. The second-order valence-corrected chi connectivity index (χ2v) is 16.4. The molecule has 0 aliphatic carbocycles. The number of fused-ring (bicyclic) bond motifs is 12. The van der Waals surface area contributed by atoms with Crippen molar-refractivity contribution in [1.82, 2.24) is 0 Å². The average molecular weight is 733 g/mol. The van der Waals surface area contributed by atoms with Crippen LogP contribution >= 0.6 is 0 Å². The molecule has 0 aliphatic rings. The third-order valence-corrected chi connectivity index (χ3v) is 13.3. The van der Waals surface area contributed by atoms with Crippen molar-refractivity contribution in [2.24, 2.45) is 0 Å². The first-order valence-corrected chi connectivity index (χ1v) is 20.4. The van der Waals surface area contributed by atoms with Crippen molar-refractivity contribution in [3.8, 4) is 33.4 Å². The predicted molar refractivity (Wildman–Crippen MR) is 252 cm³/mol. The van der Waals surface area contributed by atoms with Crippen molar-refractivity contribution in [2.75, 3.05) is 0 Å². The first-order valence-electron chi connectivity index (χ1n) is 20.4. The average Bonchev–Trinajstić information content (AvgIpc) is 3.77. The Balaban J connectivity index is 1.27. The van der Waals surface area contributed by atoms with Crippen LogP contribution in [0.25, 0.3) is 130 Å². The van der Waals surface area contributed by atoms with Crippen LogP contribution in [0.2, 0.25) is 0 Å². The van der Waals surface area contributed by atoms with Crippen LogP contribution in [0.1, 0.15) is 11.1 Å². The van der Waals surface area contributed by atoms with Gasteiger partial charge in [-0.3, -0.25) is 0 Å². The SMILES string of the molecule is Cc1cccc(C)c1-c1ccc2c(ccc3cc4c5c(-c6ccccc6)c6cc7c8ccccc8c8cccc(c6c(-c6ccccc6)c5c5cccc(c32)c45)c87)c1. The van der Waals surface area contributed by atoms with E-state index in [4.69, 9.17) is 0 Å². The Hall–Kier alpha value is -7.28. The molecule has 0 spiro atoms. The van der Waals surface area contributed by atoms with Crippen molar-refractivity contribution in [1.29, 1.82) is 0 Å². The number of benzene rings is 11. The van der Waals surface area contributed by atoms with Gasteiger partial charge in [0.25, 0.3) is 0 Å². The summed E-state index contributed by atoms with van der Waals surface area (Å²) >= 11 is 0.